The van der Waals surface area contributed by atoms with E-state index in [1.807, 2.05) is 32.0 Å². The summed E-state index contributed by atoms with van der Waals surface area (Å²) < 4.78 is 10.8. The smallest absolute Gasteiger partial charge is 0.274 e. The molecule has 196 valence electrons. The molecule has 3 heterocycles. The third kappa shape index (κ3) is 7.08. The number of nitrogen functional groups attached to an aromatic ring is 1. The molecule has 1 aromatic carbocycles. The van der Waals surface area contributed by atoms with Gasteiger partial charge in [-0.3, -0.25) is 14.7 Å². The van der Waals surface area contributed by atoms with Crippen LogP contribution in [-0.4, -0.2) is 65.2 Å². The molecule has 0 radical (unpaired) electrons. The Morgan fingerprint density at radius 1 is 1.16 bits per heavy atom. The molecule has 0 saturated carbocycles. The molecule has 0 spiro atoms. The molecule has 4 rings (SSSR count). The number of anilines is 3. The second kappa shape index (κ2) is 12.4. The van der Waals surface area contributed by atoms with E-state index in [4.69, 9.17) is 15.0 Å². The highest BCUT2D eigenvalue weighted by Gasteiger charge is 2.17. The van der Waals surface area contributed by atoms with Crippen molar-refractivity contribution in [3.05, 3.63) is 77.7 Å². The minimum atomic E-state index is -0.309. The molecule has 1 aliphatic rings. The Hall–Kier alpha value is -3.89. The van der Waals surface area contributed by atoms with Crippen molar-refractivity contribution in [3.8, 4) is 0 Å². The first-order chi connectivity index (χ1) is 17.9. The summed E-state index contributed by atoms with van der Waals surface area (Å²) in [5, 5.41) is 10.2. The minimum absolute atomic E-state index is 0.309. The summed E-state index contributed by atoms with van der Waals surface area (Å²) in [7, 11) is 0. The zero-order valence-electron chi connectivity index (χ0n) is 21.5. The van der Waals surface area contributed by atoms with Crippen molar-refractivity contribution in [1.82, 2.24) is 19.9 Å². The zero-order valence-corrected chi connectivity index (χ0v) is 21.5. The van der Waals surface area contributed by atoms with Gasteiger partial charge in [0.15, 0.2) is 5.76 Å². The van der Waals surface area contributed by atoms with E-state index in [2.05, 4.69) is 37.2 Å². The SMILES string of the molecule is C=C(Nc1c(C)noc1C)N(CCCN1CCOCC1)Cc1ccc(C(=O)Nc2ccccc2N)nc1. The van der Waals surface area contributed by atoms with Gasteiger partial charge in [-0.2, -0.15) is 0 Å². The Kier molecular flexibility index (Phi) is 8.76. The molecular formula is C27H35N7O3. The first kappa shape index (κ1) is 26.2. The third-order valence-corrected chi connectivity index (χ3v) is 6.33. The maximum Gasteiger partial charge on any atom is 0.274 e. The van der Waals surface area contributed by atoms with Crippen molar-refractivity contribution in [3.63, 3.8) is 0 Å². The highest BCUT2D eigenvalue weighted by Crippen LogP contribution is 2.22. The molecule has 4 N–H and O–H groups in total. The quantitative estimate of drug-likeness (QED) is 0.335. The Labute approximate surface area is 217 Å². The van der Waals surface area contributed by atoms with Gasteiger partial charge in [0.1, 0.15) is 17.1 Å². The van der Waals surface area contributed by atoms with Gasteiger partial charge in [0.2, 0.25) is 0 Å². The number of rotatable bonds is 11. The van der Waals surface area contributed by atoms with Gasteiger partial charge in [-0.05, 0) is 44.0 Å². The normalized spacial score (nSPS) is 13.8. The van der Waals surface area contributed by atoms with Crippen LogP contribution in [0.25, 0.3) is 0 Å². The van der Waals surface area contributed by atoms with E-state index in [0.29, 0.717) is 29.4 Å². The Morgan fingerprint density at radius 3 is 2.62 bits per heavy atom. The maximum atomic E-state index is 12.6. The highest BCUT2D eigenvalue weighted by atomic mass is 16.5. The largest absolute Gasteiger partial charge is 0.397 e. The Bertz CT molecular complexity index is 1180. The van der Waals surface area contributed by atoms with Gasteiger partial charge >= 0.3 is 0 Å². The molecule has 10 heteroatoms. The molecule has 0 aliphatic carbocycles. The third-order valence-electron chi connectivity index (χ3n) is 6.33. The van der Waals surface area contributed by atoms with Crippen LogP contribution in [0.15, 0.2) is 59.5 Å². The number of nitrogens with zero attached hydrogens (tertiary/aromatic N) is 4. The molecule has 2 aromatic heterocycles. The summed E-state index contributed by atoms with van der Waals surface area (Å²) in [5.41, 5.74) is 9.89. The number of amides is 1. The van der Waals surface area contributed by atoms with E-state index in [1.54, 1.807) is 24.4 Å². The molecule has 1 amide bonds. The van der Waals surface area contributed by atoms with Gasteiger partial charge in [0, 0.05) is 38.9 Å². The lowest BCUT2D eigenvalue weighted by Gasteiger charge is -2.30. The number of aryl methyl sites for hydroxylation is 2. The molecule has 0 bridgehead atoms. The number of pyridine rings is 1. The van der Waals surface area contributed by atoms with Gasteiger partial charge in [0.05, 0.1) is 30.4 Å². The number of benzene rings is 1. The average molecular weight is 506 g/mol. The summed E-state index contributed by atoms with van der Waals surface area (Å²) in [5.74, 6) is 1.15. The predicted molar refractivity (Wildman–Crippen MR) is 144 cm³/mol. The number of hydrogen-bond acceptors (Lipinski definition) is 9. The van der Waals surface area contributed by atoms with Crippen LogP contribution in [0.1, 0.15) is 33.9 Å². The van der Waals surface area contributed by atoms with Crippen LogP contribution in [-0.2, 0) is 11.3 Å². The second-order valence-electron chi connectivity index (χ2n) is 9.09. The van der Waals surface area contributed by atoms with Crippen LogP contribution in [0.2, 0.25) is 0 Å². The van der Waals surface area contributed by atoms with Gasteiger partial charge in [-0.1, -0.05) is 29.9 Å². The van der Waals surface area contributed by atoms with Crippen LogP contribution in [0, 0.1) is 13.8 Å². The Morgan fingerprint density at radius 2 is 1.95 bits per heavy atom. The van der Waals surface area contributed by atoms with E-state index in [-0.39, 0.29) is 5.91 Å². The lowest BCUT2D eigenvalue weighted by Crippen LogP contribution is -2.38. The molecule has 1 aliphatic heterocycles. The lowest BCUT2D eigenvalue weighted by molar-refractivity contribution is 0.0364. The molecule has 0 unspecified atom stereocenters. The number of carbonyl (C=O) groups is 1. The fourth-order valence-corrected chi connectivity index (χ4v) is 4.17. The summed E-state index contributed by atoms with van der Waals surface area (Å²) >= 11 is 0. The highest BCUT2D eigenvalue weighted by molar-refractivity contribution is 6.04. The van der Waals surface area contributed by atoms with Crippen molar-refractivity contribution in [2.24, 2.45) is 0 Å². The number of nitrogens with two attached hydrogens (primary N) is 1. The van der Waals surface area contributed by atoms with Crippen molar-refractivity contribution < 1.29 is 14.1 Å². The molecule has 37 heavy (non-hydrogen) atoms. The lowest BCUT2D eigenvalue weighted by atomic mass is 10.2. The monoisotopic (exact) mass is 505 g/mol. The summed E-state index contributed by atoms with van der Waals surface area (Å²) in [4.78, 5) is 21.6. The fraction of sp³-hybridized carbons (Fsp3) is 0.370. The molecule has 1 fully saturated rings. The summed E-state index contributed by atoms with van der Waals surface area (Å²) in [6.07, 6.45) is 2.69. The number of aromatic nitrogens is 2. The number of hydrogen-bond donors (Lipinski definition) is 3. The first-order valence-electron chi connectivity index (χ1n) is 12.5. The Balaban J connectivity index is 1.41. The standard InChI is InChI=1S/C27H35N7O3/c1-19-26(20(2)37-32-19)30-21(3)34(12-6-11-33-13-15-36-16-14-33)18-22-9-10-25(29-17-22)27(35)31-24-8-5-4-7-23(24)28/h4-5,7-10,17,30H,3,6,11-16,18,28H2,1-2H3,(H,31,35). The van der Waals surface area contributed by atoms with Crippen LogP contribution in [0.4, 0.5) is 17.1 Å². The zero-order chi connectivity index (χ0) is 26.2. The number of ether oxygens (including phenoxy) is 1. The van der Waals surface area contributed by atoms with Gasteiger partial charge in [-0.25, -0.2) is 0 Å². The van der Waals surface area contributed by atoms with Crippen LogP contribution in [0.3, 0.4) is 0 Å². The second-order valence-corrected chi connectivity index (χ2v) is 9.09. The van der Waals surface area contributed by atoms with Crippen molar-refractivity contribution in [2.45, 2.75) is 26.8 Å². The van der Waals surface area contributed by atoms with Crippen molar-refractivity contribution >= 4 is 23.0 Å². The molecule has 3 aromatic rings. The van der Waals surface area contributed by atoms with Crippen molar-refractivity contribution in [2.75, 3.05) is 55.8 Å². The molecule has 1 saturated heterocycles. The van der Waals surface area contributed by atoms with Crippen LogP contribution in [0.5, 0.6) is 0 Å². The summed E-state index contributed by atoms with van der Waals surface area (Å²) in [6.45, 7) is 13.9. The van der Waals surface area contributed by atoms with Crippen LogP contribution >= 0.6 is 0 Å². The minimum Gasteiger partial charge on any atom is -0.397 e. The maximum absolute atomic E-state index is 12.6. The summed E-state index contributed by atoms with van der Waals surface area (Å²) in [6, 6.07) is 10.8. The van der Waals surface area contributed by atoms with Gasteiger partial charge < -0.3 is 30.5 Å². The van der Waals surface area contributed by atoms with E-state index in [0.717, 1.165) is 68.6 Å². The van der Waals surface area contributed by atoms with Crippen LogP contribution < -0.4 is 16.4 Å². The van der Waals surface area contributed by atoms with E-state index < -0.39 is 0 Å². The van der Waals surface area contributed by atoms with E-state index in [9.17, 15) is 4.79 Å². The predicted octanol–water partition coefficient (Wildman–Crippen LogP) is 3.63. The van der Waals surface area contributed by atoms with Gasteiger partial charge in [-0.15, -0.1) is 0 Å². The molecule has 10 nitrogen and oxygen atoms in total. The number of nitrogens with one attached hydrogen (secondary N) is 2. The first-order valence-corrected chi connectivity index (χ1v) is 12.5. The average Bonchev–Trinajstić information content (AvgIpc) is 3.22. The number of para-hydroxylation sites is 2. The van der Waals surface area contributed by atoms with E-state index in [1.165, 1.54) is 0 Å². The fourth-order valence-electron chi connectivity index (χ4n) is 4.17. The van der Waals surface area contributed by atoms with Crippen molar-refractivity contribution in [1.29, 1.82) is 0 Å². The van der Waals surface area contributed by atoms with Gasteiger partial charge in [0.25, 0.3) is 5.91 Å². The number of morpholine rings is 1. The molecule has 0 atom stereocenters. The molecular weight excluding hydrogens is 470 g/mol. The van der Waals surface area contributed by atoms with E-state index >= 15 is 0 Å². The number of carbonyl (C=O) groups excluding carboxylic acids is 1. The topological polar surface area (TPSA) is 122 Å².